The highest BCUT2D eigenvalue weighted by atomic mass is 16.5. The molecule has 0 aromatic heterocycles. The Morgan fingerprint density at radius 2 is 1.96 bits per heavy atom. The minimum atomic E-state index is 0.164. The maximum Gasteiger partial charge on any atom is 0.236 e. The molecule has 2 aliphatic heterocycles. The molecule has 1 saturated heterocycles. The van der Waals surface area contributed by atoms with Crippen LogP contribution >= 0.6 is 0 Å². The molecule has 2 heterocycles. The molecule has 23 heavy (non-hydrogen) atoms. The average molecular weight is 319 g/mol. The first-order chi connectivity index (χ1) is 11.2. The van der Waals surface area contributed by atoms with Crippen LogP contribution in [0.4, 0.5) is 0 Å². The van der Waals surface area contributed by atoms with Crippen molar-refractivity contribution >= 4 is 5.91 Å². The number of likely N-dealkylation sites (N-methyl/N-ethyl adjacent to an activating group) is 1. The quantitative estimate of drug-likeness (QED) is 0.886. The molecule has 1 aromatic carbocycles. The van der Waals surface area contributed by atoms with Crippen LogP contribution in [0.15, 0.2) is 18.2 Å². The largest absolute Gasteiger partial charge is 0.490 e. The Kier molecular flexibility index (Phi) is 5.35. The monoisotopic (exact) mass is 319 g/mol. The third kappa shape index (κ3) is 4.14. The van der Waals surface area contributed by atoms with Gasteiger partial charge in [-0.1, -0.05) is 12.1 Å². The van der Waals surface area contributed by atoms with Gasteiger partial charge in [-0.25, -0.2) is 0 Å². The number of nitrogens with one attached hydrogen (secondary N) is 1. The van der Waals surface area contributed by atoms with Crippen LogP contribution in [0.25, 0.3) is 0 Å². The maximum absolute atomic E-state index is 12.2. The summed E-state index contributed by atoms with van der Waals surface area (Å²) in [4.78, 5) is 16.4. The van der Waals surface area contributed by atoms with Crippen molar-refractivity contribution in [1.29, 1.82) is 0 Å². The van der Waals surface area contributed by atoms with E-state index < -0.39 is 0 Å². The van der Waals surface area contributed by atoms with E-state index in [0.717, 1.165) is 49.7 Å². The molecule has 1 N–H and O–H groups in total. The third-order valence-corrected chi connectivity index (χ3v) is 4.30. The molecule has 0 aliphatic carbocycles. The van der Waals surface area contributed by atoms with Crippen LogP contribution in [0.2, 0.25) is 0 Å². The van der Waals surface area contributed by atoms with Gasteiger partial charge in [0.2, 0.25) is 5.91 Å². The molecule has 0 unspecified atom stereocenters. The van der Waals surface area contributed by atoms with E-state index in [0.29, 0.717) is 26.3 Å². The molecule has 1 amide bonds. The van der Waals surface area contributed by atoms with Gasteiger partial charge in [0, 0.05) is 44.7 Å². The van der Waals surface area contributed by atoms with Crippen molar-refractivity contribution in [3.63, 3.8) is 0 Å². The van der Waals surface area contributed by atoms with E-state index in [9.17, 15) is 4.79 Å². The molecule has 0 radical (unpaired) electrons. The summed E-state index contributed by atoms with van der Waals surface area (Å²) in [7, 11) is 2.09. The first kappa shape index (κ1) is 16.1. The van der Waals surface area contributed by atoms with Crippen LogP contribution in [0.3, 0.4) is 0 Å². The number of amides is 1. The number of ether oxygens (including phenoxy) is 2. The number of rotatable bonds is 4. The van der Waals surface area contributed by atoms with Crippen molar-refractivity contribution in [2.24, 2.45) is 0 Å². The van der Waals surface area contributed by atoms with Gasteiger partial charge in [0.05, 0.1) is 19.8 Å². The van der Waals surface area contributed by atoms with Crippen LogP contribution in [0, 0.1) is 0 Å². The Balaban J connectivity index is 1.52. The first-order valence-electron chi connectivity index (χ1n) is 8.28. The minimum absolute atomic E-state index is 0.164. The fraction of sp³-hybridized carbons (Fsp3) is 0.588. The molecule has 0 spiro atoms. The zero-order valence-corrected chi connectivity index (χ0v) is 13.7. The summed E-state index contributed by atoms with van der Waals surface area (Å²) in [6.45, 7) is 5.84. The summed E-state index contributed by atoms with van der Waals surface area (Å²) < 4.78 is 11.5. The molecule has 3 rings (SSSR count). The van der Waals surface area contributed by atoms with E-state index in [1.165, 1.54) is 0 Å². The molecule has 126 valence electrons. The number of nitrogens with zero attached hydrogens (tertiary/aromatic N) is 2. The number of hydrogen-bond acceptors (Lipinski definition) is 5. The zero-order chi connectivity index (χ0) is 16.1. The zero-order valence-electron chi connectivity index (χ0n) is 13.7. The van der Waals surface area contributed by atoms with Gasteiger partial charge in [-0.3, -0.25) is 4.79 Å². The molecule has 1 aromatic rings. The molecular weight excluding hydrogens is 294 g/mol. The van der Waals surface area contributed by atoms with E-state index in [4.69, 9.17) is 9.47 Å². The van der Waals surface area contributed by atoms with Gasteiger partial charge < -0.3 is 24.6 Å². The Morgan fingerprint density at radius 1 is 1.17 bits per heavy atom. The molecule has 2 aliphatic rings. The van der Waals surface area contributed by atoms with E-state index >= 15 is 0 Å². The molecule has 1 fully saturated rings. The van der Waals surface area contributed by atoms with Gasteiger partial charge in [-0.05, 0) is 13.1 Å². The topological polar surface area (TPSA) is 54.0 Å². The van der Waals surface area contributed by atoms with Crippen molar-refractivity contribution < 1.29 is 14.3 Å². The number of piperazine rings is 1. The first-order valence-corrected chi connectivity index (χ1v) is 8.28. The number of para-hydroxylation sites is 1. The number of benzene rings is 1. The van der Waals surface area contributed by atoms with Crippen LogP contribution in [0.1, 0.15) is 12.0 Å². The van der Waals surface area contributed by atoms with Crippen molar-refractivity contribution in [3.05, 3.63) is 23.8 Å². The number of carbonyl (C=O) groups is 1. The highest BCUT2D eigenvalue weighted by molar-refractivity contribution is 5.78. The average Bonchev–Trinajstić information content (AvgIpc) is 2.81. The standard InChI is InChI=1S/C17H25N3O3/c1-19-6-8-20(9-7-19)16(21)13-18-12-14-4-2-5-15-17(14)23-11-3-10-22-15/h2,4-5,18H,3,6-13H2,1H3. The third-order valence-electron chi connectivity index (χ3n) is 4.30. The molecule has 0 saturated carbocycles. The van der Waals surface area contributed by atoms with Gasteiger partial charge in [-0.15, -0.1) is 0 Å². The second-order valence-corrected chi connectivity index (χ2v) is 6.08. The van der Waals surface area contributed by atoms with E-state index in [2.05, 4.69) is 17.3 Å². The molecule has 0 atom stereocenters. The Labute approximate surface area is 137 Å². The van der Waals surface area contributed by atoms with E-state index in [1.54, 1.807) is 0 Å². The molecule has 0 bridgehead atoms. The summed E-state index contributed by atoms with van der Waals surface area (Å²) >= 11 is 0. The Hall–Kier alpha value is -1.79. The fourth-order valence-corrected chi connectivity index (χ4v) is 2.87. The minimum Gasteiger partial charge on any atom is -0.490 e. The van der Waals surface area contributed by atoms with E-state index in [1.807, 2.05) is 23.1 Å². The Morgan fingerprint density at radius 3 is 2.78 bits per heavy atom. The number of carbonyl (C=O) groups excluding carboxylic acids is 1. The van der Waals surface area contributed by atoms with Gasteiger partial charge in [0.15, 0.2) is 11.5 Å². The predicted octanol–water partition coefficient (Wildman–Crippen LogP) is 0.712. The van der Waals surface area contributed by atoms with Gasteiger partial charge in [0.25, 0.3) is 0 Å². The van der Waals surface area contributed by atoms with Gasteiger partial charge >= 0.3 is 0 Å². The fourth-order valence-electron chi connectivity index (χ4n) is 2.87. The lowest BCUT2D eigenvalue weighted by Crippen LogP contribution is -2.49. The predicted molar refractivity (Wildman–Crippen MR) is 87.8 cm³/mol. The normalized spacial score (nSPS) is 18.6. The van der Waals surface area contributed by atoms with Gasteiger partial charge in [-0.2, -0.15) is 0 Å². The van der Waals surface area contributed by atoms with Crippen LogP contribution in [0.5, 0.6) is 11.5 Å². The lowest BCUT2D eigenvalue weighted by atomic mass is 10.2. The number of fused-ring (bicyclic) bond motifs is 1. The maximum atomic E-state index is 12.2. The highest BCUT2D eigenvalue weighted by Gasteiger charge is 2.19. The lowest BCUT2D eigenvalue weighted by Gasteiger charge is -2.32. The highest BCUT2D eigenvalue weighted by Crippen LogP contribution is 2.33. The summed E-state index contributed by atoms with van der Waals surface area (Å²) in [5.41, 5.74) is 1.04. The SMILES string of the molecule is CN1CCN(C(=O)CNCc2cccc3c2OCCCO3)CC1. The summed E-state index contributed by atoms with van der Waals surface area (Å²) in [6.07, 6.45) is 0.892. The molecular formula is C17H25N3O3. The van der Waals surface area contributed by atoms with Crippen LogP contribution < -0.4 is 14.8 Å². The summed E-state index contributed by atoms with van der Waals surface area (Å²) in [5, 5.41) is 3.24. The van der Waals surface area contributed by atoms with Gasteiger partial charge in [0.1, 0.15) is 0 Å². The van der Waals surface area contributed by atoms with Crippen LogP contribution in [-0.4, -0.2) is 68.7 Å². The smallest absolute Gasteiger partial charge is 0.236 e. The van der Waals surface area contributed by atoms with Crippen LogP contribution in [-0.2, 0) is 11.3 Å². The second kappa shape index (κ2) is 7.66. The molecule has 6 heteroatoms. The summed E-state index contributed by atoms with van der Waals surface area (Å²) in [6, 6.07) is 5.91. The lowest BCUT2D eigenvalue weighted by molar-refractivity contribution is -0.131. The van der Waals surface area contributed by atoms with Crippen molar-refractivity contribution in [1.82, 2.24) is 15.1 Å². The van der Waals surface area contributed by atoms with Crippen molar-refractivity contribution in [3.8, 4) is 11.5 Å². The van der Waals surface area contributed by atoms with Crippen molar-refractivity contribution in [2.45, 2.75) is 13.0 Å². The second-order valence-electron chi connectivity index (χ2n) is 6.08. The van der Waals surface area contributed by atoms with E-state index in [-0.39, 0.29) is 5.91 Å². The number of hydrogen-bond donors (Lipinski definition) is 1. The molecule has 6 nitrogen and oxygen atoms in total. The van der Waals surface area contributed by atoms with Crippen molar-refractivity contribution in [2.75, 3.05) is 53.0 Å². The Bertz CT molecular complexity index is 542. The summed E-state index contributed by atoms with van der Waals surface area (Å²) in [5.74, 6) is 1.77.